The zero-order valence-electron chi connectivity index (χ0n) is 17.4. The zero-order valence-corrected chi connectivity index (χ0v) is 18.2. The van der Waals surface area contributed by atoms with Crippen molar-refractivity contribution in [1.82, 2.24) is 8.87 Å². The third-order valence-electron chi connectivity index (χ3n) is 5.13. The first-order valence-corrected chi connectivity index (χ1v) is 11.2. The number of ketones is 1. The first kappa shape index (κ1) is 22.2. The van der Waals surface area contributed by atoms with Gasteiger partial charge in [-0.1, -0.05) is 12.1 Å². The quantitative estimate of drug-likeness (QED) is 0.488. The normalized spacial score (nSPS) is 15.2. The van der Waals surface area contributed by atoms with Gasteiger partial charge in [0.1, 0.15) is 6.54 Å². The van der Waals surface area contributed by atoms with Crippen molar-refractivity contribution in [2.45, 2.75) is 32.2 Å². The number of aryl methyl sites for hydroxylation is 1. The molecule has 1 saturated heterocycles. The molecule has 0 amide bonds. The van der Waals surface area contributed by atoms with Crippen LogP contribution in [0.15, 0.2) is 35.2 Å². The van der Waals surface area contributed by atoms with Crippen molar-refractivity contribution in [1.29, 1.82) is 0 Å². The van der Waals surface area contributed by atoms with Gasteiger partial charge >= 0.3 is 5.97 Å². The summed E-state index contributed by atoms with van der Waals surface area (Å²) in [6, 6.07) is 7.90. The second kappa shape index (κ2) is 9.11. The number of esters is 1. The van der Waals surface area contributed by atoms with E-state index in [-0.39, 0.29) is 36.7 Å². The van der Waals surface area contributed by atoms with E-state index in [2.05, 4.69) is 0 Å². The Labute approximate surface area is 176 Å². The van der Waals surface area contributed by atoms with E-state index in [1.54, 1.807) is 43.5 Å². The molecule has 1 fully saturated rings. The second-order valence-electron chi connectivity index (χ2n) is 7.02. The lowest BCUT2D eigenvalue weighted by atomic mass is 10.0. The molecular formula is C21H26N2O6S. The van der Waals surface area contributed by atoms with Gasteiger partial charge in [-0.2, -0.15) is 4.31 Å². The van der Waals surface area contributed by atoms with Crippen LogP contribution in [-0.4, -0.2) is 62.0 Å². The molecule has 0 unspecified atom stereocenters. The summed E-state index contributed by atoms with van der Waals surface area (Å²) in [5.41, 5.74) is 1.78. The number of morpholine rings is 1. The van der Waals surface area contributed by atoms with Crippen LogP contribution in [0.4, 0.5) is 0 Å². The summed E-state index contributed by atoms with van der Waals surface area (Å²) >= 11 is 0. The van der Waals surface area contributed by atoms with Gasteiger partial charge in [0.25, 0.3) is 0 Å². The number of sulfonamides is 1. The molecule has 2 aromatic rings. The number of hydrogen-bond acceptors (Lipinski definition) is 6. The molecule has 0 atom stereocenters. The molecule has 0 aliphatic carbocycles. The van der Waals surface area contributed by atoms with E-state index in [9.17, 15) is 18.0 Å². The van der Waals surface area contributed by atoms with E-state index in [4.69, 9.17) is 9.47 Å². The van der Waals surface area contributed by atoms with Gasteiger partial charge in [0, 0.05) is 35.6 Å². The molecule has 0 bridgehead atoms. The standard InChI is InChI=1S/C21H26N2O6S/c1-4-29-20(24)14-23-15(2)13-18(16(23)3)21(25)17-7-5-6-8-19(17)30(26,27)22-9-11-28-12-10-22/h5-8,13H,4,9-12,14H2,1-3H3. The minimum atomic E-state index is -3.84. The predicted molar refractivity (Wildman–Crippen MR) is 110 cm³/mol. The van der Waals surface area contributed by atoms with Gasteiger partial charge in [0.2, 0.25) is 10.0 Å². The Bertz CT molecular complexity index is 1050. The first-order chi connectivity index (χ1) is 14.3. The Kier molecular flexibility index (Phi) is 6.74. The predicted octanol–water partition coefficient (Wildman–Crippen LogP) is 1.92. The fourth-order valence-electron chi connectivity index (χ4n) is 3.56. The van der Waals surface area contributed by atoms with E-state index in [1.165, 1.54) is 16.4 Å². The maximum absolute atomic E-state index is 13.4. The molecule has 0 spiro atoms. The molecule has 8 nitrogen and oxygen atoms in total. The van der Waals surface area contributed by atoms with Crippen molar-refractivity contribution in [2.24, 2.45) is 0 Å². The van der Waals surface area contributed by atoms with Crippen molar-refractivity contribution in [3.8, 4) is 0 Å². The number of carbonyl (C=O) groups excluding carboxylic acids is 2. The highest BCUT2D eigenvalue weighted by Gasteiger charge is 2.31. The van der Waals surface area contributed by atoms with Crippen molar-refractivity contribution in [2.75, 3.05) is 32.9 Å². The highest BCUT2D eigenvalue weighted by molar-refractivity contribution is 7.89. The molecule has 0 saturated carbocycles. The van der Waals surface area contributed by atoms with Crippen LogP contribution in [0, 0.1) is 13.8 Å². The number of benzene rings is 1. The molecule has 162 valence electrons. The summed E-state index contributed by atoms with van der Waals surface area (Å²) in [5, 5.41) is 0. The Balaban J connectivity index is 1.98. The summed E-state index contributed by atoms with van der Waals surface area (Å²) in [5.74, 6) is -0.792. The molecule has 3 rings (SSSR count). The van der Waals surface area contributed by atoms with Gasteiger partial charge in [0.05, 0.1) is 24.7 Å². The van der Waals surface area contributed by atoms with Gasteiger partial charge < -0.3 is 14.0 Å². The first-order valence-electron chi connectivity index (χ1n) is 9.81. The number of rotatable bonds is 7. The molecule has 0 N–H and O–H groups in total. The van der Waals surface area contributed by atoms with Crippen LogP contribution in [0.1, 0.15) is 34.2 Å². The smallest absolute Gasteiger partial charge is 0.325 e. The number of ether oxygens (including phenoxy) is 2. The number of nitrogens with zero attached hydrogens (tertiary/aromatic N) is 2. The third-order valence-corrected chi connectivity index (χ3v) is 7.09. The summed E-state index contributed by atoms with van der Waals surface area (Å²) in [7, 11) is -3.84. The Hall–Kier alpha value is -2.49. The van der Waals surface area contributed by atoms with Crippen LogP contribution < -0.4 is 0 Å². The Morgan fingerprint density at radius 3 is 2.43 bits per heavy atom. The molecule has 0 radical (unpaired) electrons. The monoisotopic (exact) mass is 434 g/mol. The fourth-order valence-corrected chi connectivity index (χ4v) is 5.16. The van der Waals surface area contributed by atoms with Crippen LogP contribution in [0.2, 0.25) is 0 Å². The summed E-state index contributed by atoms with van der Waals surface area (Å²) in [4.78, 5) is 25.2. The van der Waals surface area contributed by atoms with Crippen LogP contribution >= 0.6 is 0 Å². The van der Waals surface area contributed by atoms with Crippen LogP contribution in [-0.2, 0) is 30.8 Å². The van der Waals surface area contributed by atoms with E-state index in [0.29, 0.717) is 24.5 Å². The minimum Gasteiger partial charge on any atom is -0.465 e. The molecule has 9 heteroatoms. The van der Waals surface area contributed by atoms with E-state index >= 15 is 0 Å². The summed E-state index contributed by atoms with van der Waals surface area (Å²) in [6.45, 7) is 6.67. The van der Waals surface area contributed by atoms with Crippen molar-refractivity contribution in [3.63, 3.8) is 0 Å². The molecule has 2 heterocycles. The lowest BCUT2D eigenvalue weighted by Crippen LogP contribution is -2.41. The topological polar surface area (TPSA) is 94.9 Å². The highest BCUT2D eigenvalue weighted by atomic mass is 32.2. The van der Waals surface area contributed by atoms with E-state index in [0.717, 1.165) is 5.69 Å². The Morgan fingerprint density at radius 2 is 1.77 bits per heavy atom. The summed E-state index contributed by atoms with van der Waals surface area (Å²) < 4.78 is 39.6. The van der Waals surface area contributed by atoms with Gasteiger partial charge in [0.15, 0.2) is 5.78 Å². The maximum atomic E-state index is 13.4. The molecule has 1 aliphatic rings. The average Bonchev–Trinajstić information content (AvgIpc) is 3.02. The number of hydrogen-bond donors (Lipinski definition) is 0. The summed E-state index contributed by atoms with van der Waals surface area (Å²) in [6.07, 6.45) is 0. The number of carbonyl (C=O) groups is 2. The third kappa shape index (κ3) is 4.33. The largest absolute Gasteiger partial charge is 0.465 e. The fraction of sp³-hybridized carbons (Fsp3) is 0.429. The molecular weight excluding hydrogens is 408 g/mol. The van der Waals surface area contributed by atoms with Crippen molar-refractivity contribution >= 4 is 21.8 Å². The highest BCUT2D eigenvalue weighted by Crippen LogP contribution is 2.26. The number of aromatic nitrogens is 1. The molecule has 1 aromatic heterocycles. The molecule has 1 aliphatic heterocycles. The van der Waals surface area contributed by atoms with Crippen molar-refractivity contribution in [3.05, 3.63) is 52.8 Å². The zero-order chi connectivity index (χ0) is 21.9. The van der Waals surface area contributed by atoms with Crippen LogP contribution in [0.3, 0.4) is 0 Å². The van der Waals surface area contributed by atoms with E-state index < -0.39 is 21.8 Å². The van der Waals surface area contributed by atoms with Gasteiger partial charge in [-0.05, 0) is 39.0 Å². The molecule has 30 heavy (non-hydrogen) atoms. The second-order valence-corrected chi connectivity index (χ2v) is 8.92. The maximum Gasteiger partial charge on any atom is 0.325 e. The van der Waals surface area contributed by atoms with Gasteiger partial charge in [-0.15, -0.1) is 0 Å². The van der Waals surface area contributed by atoms with E-state index in [1.807, 2.05) is 0 Å². The lowest BCUT2D eigenvalue weighted by molar-refractivity contribution is -0.143. The van der Waals surface area contributed by atoms with Crippen LogP contribution in [0.25, 0.3) is 0 Å². The lowest BCUT2D eigenvalue weighted by Gasteiger charge is -2.26. The minimum absolute atomic E-state index is 0.00743. The van der Waals surface area contributed by atoms with Crippen LogP contribution in [0.5, 0.6) is 0 Å². The van der Waals surface area contributed by atoms with Gasteiger partial charge in [-0.25, -0.2) is 8.42 Å². The Morgan fingerprint density at radius 1 is 1.10 bits per heavy atom. The SMILES string of the molecule is CCOC(=O)Cn1c(C)cc(C(=O)c2ccccc2S(=O)(=O)N2CCOCC2)c1C. The average molecular weight is 435 g/mol. The molecule has 1 aromatic carbocycles. The van der Waals surface area contributed by atoms with Gasteiger partial charge in [-0.3, -0.25) is 9.59 Å². The van der Waals surface area contributed by atoms with Crippen molar-refractivity contribution < 1.29 is 27.5 Å².